The smallest absolute Gasteiger partial charge is 0.188 e. The van der Waals surface area contributed by atoms with Gasteiger partial charge in [0.05, 0.1) is 18.8 Å². The minimum absolute atomic E-state index is 0.132. The number of nitrogens with zero attached hydrogens (tertiary/aromatic N) is 1. The lowest BCUT2D eigenvalue weighted by Crippen LogP contribution is -2.36. The first-order valence-corrected chi connectivity index (χ1v) is 5.89. The third-order valence-electron chi connectivity index (χ3n) is 2.83. The molecule has 1 heterocycles. The van der Waals surface area contributed by atoms with Gasteiger partial charge in [0.15, 0.2) is 13.1 Å². The predicted octanol–water partition coefficient (Wildman–Crippen LogP) is 1.32. The number of morpholine rings is 1. The van der Waals surface area contributed by atoms with E-state index in [2.05, 4.69) is 4.90 Å². The Morgan fingerprint density at radius 1 is 1.39 bits per heavy atom. The molecule has 1 aliphatic heterocycles. The Balaban J connectivity index is 2.17. The van der Waals surface area contributed by atoms with E-state index < -0.39 is 0 Å². The van der Waals surface area contributed by atoms with E-state index in [0.717, 1.165) is 38.3 Å². The van der Waals surface area contributed by atoms with Gasteiger partial charge in [-0.2, -0.15) is 0 Å². The molecule has 0 unspecified atom stereocenters. The van der Waals surface area contributed by atoms with Crippen LogP contribution in [0.2, 0.25) is 0 Å². The van der Waals surface area contributed by atoms with Crippen molar-refractivity contribution in [2.24, 2.45) is 0 Å². The maximum atomic E-state index is 10.9. The van der Waals surface area contributed by atoms with Gasteiger partial charge >= 0.3 is 0 Å². The molecular weight excluding hydrogens is 234 g/mol. The van der Waals surface area contributed by atoms with Gasteiger partial charge in [-0.05, 0) is 12.1 Å². The largest absolute Gasteiger partial charge is 0.467 e. The molecule has 98 valence electrons. The summed E-state index contributed by atoms with van der Waals surface area (Å²) in [4.78, 5) is 13.1. The molecule has 0 atom stereocenters. The van der Waals surface area contributed by atoms with Crippen LogP contribution in [0.25, 0.3) is 0 Å². The molecule has 0 radical (unpaired) electrons. The van der Waals surface area contributed by atoms with Gasteiger partial charge in [0, 0.05) is 32.0 Å². The van der Waals surface area contributed by atoms with Crippen molar-refractivity contribution in [1.82, 2.24) is 0 Å². The Kier molecular flexibility index (Phi) is 4.55. The van der Waals surface area contributed by atoms with Crippen molar-refractivity contribution in [2.45, 2.75) is 0 Å². The number of carbonyl (C=O) groups excluding carboxylic acids is 1. The van der Waals surface area contributed by atoms with Gasteiger partial charge in [0.25, 0.3) is 0 Å². The van der Waals surface area contributed by atoms with Crippen LogP contribution in [0.15, 0.2) is 18.2 Å². The summed E-state index contributed by atoms with van der Waals surface area (Å²) in [5.41, 5.74) is 1.57. The molecule has 0 saturated carbocycles. The molecule has 0 N–H and O–H groups in total. The van der Waals surface area contributed by atoms with Crippen molar-refractivity contribution in [3.05, 3.63) is 23.8 Å². The Labute approximate surface area is 106 Å². The third kappa shape index (κ3) is 3.00. The summed E-state index contributed by atoms with van der Waals surface area (Å²) in [6, 6.07) is 5.56. The lowest BCUT2D eigenvalue weighted by molar-refractivity contribution is 0.0505. The Morgan fingerprint density at radius 3 is 2.83 bits per heavy atom. The molecule has 5 nitrogen and oxygen atoms in total. The van der Waals surface area contributed by atoms with Gasteiger partial charge in [-0.15, -0.1) is 0 Å². The molecule has 0 aromatic heterocycles. The van der Waals surface area contributed by atoms with E-state index in [1.54, 1.807) is 13.2 Å². The lowest BCUT2D eigenvalue weighted by atomic mass is 10.2. The second kappa shape index (κ2) is 6.37. The third-order valence-corrected chi connectivity index (χ3v) is 2.83. The maximum absolute atomic E-state index is 10.9. The number of anilines is 1. The zero-order valence-electron chi connectivity index (χ0n) is 10.4. The van der Waals surface area contributed by atoms with Gasteiger partial charge in [-0.1, -0.05) is 0 Å². The molecule has 0 aliphatic carbocycles. The second-order valence-electron chi connectivity index (χ2n) is 3.99. The first-order chi connectivity index (χ1) is 8.85. The van der Waals surface area contributed by atoms with Crippen molar-refractivity contribution >= 4 is 12.0 Å². The van der Waals surface area contributed by atoms with Crippen LogP contribution in [0.3, 0.4) is 0 Å². The fourth-order valence-electron chi connectivity index (χ4n) is 1.89. The molecule has 1 fully saturated rings. The maximum Gasteiger partial charge on any atom is 0.188 e. The quantitative estimate of drug-likeness (QED) is 0.583. The number of hydrogen-bond donors (Lipinski definition) is 0. The molecular formula is C13H17NO4. The van der Waals surface area contributed by atoms with E-state index in [9.17, 15) is 4.79 Å². The first kappa shape index (κ1) is 12.9. The van der Waals surface area contributed by atoms with Crippen LogP contribution in [0.1, 0.15) is 10.4 Å². The molecule has 18 heavy (non-hydrogen) atoms. The molecule has 1 saturated heterocycles. The summed E-state index contributed by atoms with van der Waals surface area (Å²) in [5.74, 6) is 0.552. The van der Waals surface area contributed by atoms with Crippen LogP contribution in [-0.2, 0) is 9.47 Å². The number of benzene rings is 1. The standard InChI is InChI=1S/C13H17NO4/c1-16-10-18-13-8-12(3-2-11(13)9-15)14-4-6-17-7-5-14/h2-3,8-9H,4-7,10H2,1H3. The fraction of sp³-hybridized carbons (Fsp3) is 0.462. The topological polar surface area (TPSA) is 48.0 Å². The van der Waals surface area contributed by atoms with Crippen LogP contribution in [0.4, 0.5) is 5.69 Å². The number of ether oxygens (including phenoxy) is 3. The highest BCUT2D eigenvalue weighted by Crippen LogP contribution is 2.25. The number of hydrogen-bond acceptors (Lipinski definition) is 5. The van der Waals surface area contributed by atoms with E-state index in [0.29, 0.717) is 11.3 Å². The Bertz CT molecular complexity index is 402. The second-order valence-corrected chi connectivity index (χ2v) is 3.99. The highest BCUT2D eigenvalue weighted by Gasteiger charge is 2.13. The van der Waals surface area contributed by atoms with Crippen LogP contribution in [-0.4, -0.2) is 46.5 Å². The Morgan fingerprint density at radius 2 is 2.17 bits per heavy atom. The normalized spacial score (nSPS) is 15.5. The zero-order chi connectivity index (χ0) is 12.8. The molecule has 1 aliphatic rings. The number of rotatable bonds is 5. The molecule has 2 rings (SSSR count). The molecule has 0 amide bonds. The predicted molar refractivity (Wildman–Crippen MR) is 67.4 cm³/mol. The van der Waals surface area contributed by atoms with E-state index in [1.807, 2.05) is 12.1 Å². The van der Waals surface area contributed by atoms with E-state index in [1.165, 1.54) is 0 Å². The highest BCUT2D eigenvalue weighted by atomic mass is 16.7. The molecule has 0 spiro atoms. The average Bonchev–Trinajstić information content (AvgIpc) is 2.45. The van der Waals surface area contributed by atoms with Crippen molar-refractivity contribution < 1.29 is 19.0 Å². The monoisotopic (exact) mass is 251 g/mol. The number of aldehydes is 1. The highest BCUT2D eigenvalue weighted by molar-refractivity contribution is 5.80. The van der Waals surface area contributed by atoms with Crippen molar-refractivity contribution in [2.75, 3.05) is 45.1 Å². The SMILES string of the molecule is COCOc1cc(N2CCOCC2)ccc1C=O. The van der Waals surface area contributed by atoms with Crippen molar-refractivity contribution in [1.29, 1.82) is 0 Å². The summed E-state index contributed by atoms with van der Waals surface area (Å²) in [6.45, 7) is 3.29. The van der Waals surface area contributed by atoms with Crippen LogP contribution < -0.4 is 9.64 Å². The van der Waals surface area contributed by atoms with Crippen LogP contribution >= 0.6 is 0 Å². The number of carbonyl (C=O) groups is 1. The van der Waals surface area contributed by atoms with Gasteiger partial charge in [0.1, 0.15) is 5.75 Å². The number of methoxy groups -OCH3 is 1. The van der Waals surface area contributed by atoms with Crippen LogP contribution in [0.5, 0.6) is 5.75 Å². The van der Waals surface area contributed by atoms with Gasteiger partial charge in [-0.3, -0.25) is 4.79 Å². The van der Waals surface area contributed by atoms with E-state index in [4.69, 9.17) is 14.2 Å². The fourth-order valence-corrected chi connectivity index (χ4v) is 1.89. The van der Waals surface area contributed by atoms with Gasteiger partial charge in [0.2, 0.25) is 0 Å². The van der Waals surface area contributed by atoms with Crippen molar-refractivity contribution in [3.63, 3.8) is 0 Å². The molecule has 0 bridgehead atoms. The summed E-state index contributed by atoms with van der Waals surface area (Å²) in [5, 5.41) is 0. The minimum Gasteiger partial charge on any atom is -0.467 e. The lowest BCUT2D eigenvalue weighted by Gasteiger charge is -2.29. The first-order valence-electron chi connectivity index (χ1n) is 5.89. The summed E-state index contributed by atoms with van der Waals surface area (Å²) in [6.07, 6.45) is 0.786. The minimum atomic E-state index is 0.132. The van der Waals surface area contributed by atoms with Crippen LogP contribution in [0, 0.1) is 0 Å². The summed E-state index contributed by atoms with van der Waals surface area (Å²) >= 11 is 0. The molecule has 1 aromatic carbocycles. The van der Waals surface area contributed by atoms with E-state index >= 15 is 0 Å². The van der Waals surface area contributed by atoms with Gasteiger partial charge in [-0.25, -0.2) is 0 Å². The molecule has 5 heteroatoms. The summed E-state index contributed by atoms with van der Waals surface area (Å²) < 4.78 is 15.6. The zero-order valence-corrected chi connectivity index (χ0v) is 10.4. The van der Waals surface area contributed by atoms with Gasteiger partial charge < -0.3 is 19.1 Å². The molecule has 1 aromatic rings. The van der Waals surface area contributed by atoms with E-state index in [-0.39, 0.29) is 6.79 Å². The average molecular weight is 251 g/mol. The summed E-state index contributed by atoms with van der Waals surface area (Å²) in [7, 11) is 1.55. The van der Waals surface area contributed by atoms with Crippen molar-refractivity contribution in [3.8, 4) is 5.75 Å². The Hall–Kier alpha value is -1.59.